The quantitative estimate of drug-likeness (QED) is 0.830. The number of carbonyl (C=O) groups excluding carboxylic acids is 1. The Kier molecular flexibility index (Phi) is 4.62. The highest BCUT2D eigenvalue weighted by atomic mass is 35.5. The number of amides is 1. The minimum absolute atomic E-state index is 0.0134. The fourth-order valence-corrected chi connectivity index (χ4v) is 3.84. The summed E-state index contributed by atoms with van der Waals surface area (Å²) in [5.41, 5.74) is 8.35. The number of hydrogen-bond acceptors (Lipinski definition) is 3. The number of hydrogen-bond donors (Lipinski definition) is 1. The Bertz CT molecular complexity index is 708. The van der Waals surface area contributed by atoms with E-state index in [1.165, 1.54) is 17.8 Å². The molecule has 1 fully saturated rings. The molecule has 0 spiro atoms. The highest BCUT2D eigenvalue weighted by molar-refractivity contribution is 7.15. The summed E-state index contributed by atoms with van der Waals surface area (Å²) in [6, 6.07) is 5.38. The topological polar surface area (TPSA) is 46.3 Å². The molecular formula is C16H16Cl2N2OS. The van der Waals surface area contributed by atoms with Gasteiger partial charge in [0.05, 0.1) is 20.6 Å². The minimum Gasteiger partial charge on any atom is -0.390 e. The van der Waals surface area contributed by atoms with Crippen LogP contribution in [-0.4, -0.2) is 23.9 Å². The number of piperidine rings is 1. The van der Waals surface area contributed by atoms with Gasteiger partial charge < -0.3 is 10.6 Å². The van der Waals surface area contributed by atoms with Crippen LogP contribution in [0.2, 0.25) is 10.0 Å². The minimum atomic E-state index is 0.0134. The van der Waals surface area contributed by atoms with Crippen molar-refractivity contribution < 1.29 is 4.79 Å². The summed E-state index contributed by atoms with van der Waals surface area (Å²) in [6.07, 6.45) is 3.29. The van der Waals surface area contributed by atoms with Crippen LogP contribution in [0, 0.1) is 0 Å². The lowest BCUT2D eigenvalue weighted by atomic mass is 10.0. The van der Waals surface area contributed by atoms with Crippen LogP contribution in [-0.2, 0) is 0 Å². The van der Waals surface area contributed by atoms with Crippen LogP contribution in [0.25, 0.3) is 11.1 Å². The van der Waals surface area contributed by atoms with E-state index in [2.05, 4.69) is 0 Å². The lowest BCUT2D eigenvalue weighted by Gasteiger charge is -2.27. The molecule has 1 amide bonds. The normalized spacial score (nSPS) is 15.1. The molecule has 2 heterocycles. The van der Waals surface area contributed by atoms with Crippen molar-refractivity contribution in [3.05, 3.63) is 39.2 Å². The van der Waals surface area contributed by atoms with Gasteiger partial charge >= 0.3 is 0 Å². The maximum absolute atomic E-state index is 12.8. The molecule has 0 unspecified atom stereocenters. The van der Waals surface area contributed by atoms with E-state index in [1.54, 1.807) is 12.1 Å². The van der Waals surface area contributed by atoms with E-state index in [4.69, 9.17) is 28.9 Å². The van der Waals surface area contributed by atoms with Crippen molar-refractivity contribution in [1.29, 1.82) is 0 Å². The van der Waals surface area contributed by atoms with Gasteiger partial charge in [0.2, 0.25) is 0 Å². The van der Waals surface area contributed by atoms with Crippen molar-refractivity contribution in [3.8, 4) is 11.1 Å². The molecule has 3 rings (SSSR count). The molecule has 6 heteroatoms. The molecule has 2 aromatic rings. The smallest absolute Gasteiger partial charge is 0.257 e. The molecule has 1 aliphatic rings. The van der Waals surface area contributed by atoms with Gasteiger partial charge in [0.15, 0.2) is 0 Å². The van der Waals surface area contributed by atoms with Gasteiger partial charge in [-0.05, 0) is 37.0 Å². The average Bonchev–Trinajstić information content (AvgIpc) is 2.92. The molecule has 0 saturated carbocycles. The number of nitrogens with zero attached hydrogens (tertiary/aromatic N) is 1. The Morgan fingerprint density at radius 1 is 1.14 bits per heavy atom. The molecule has 0 aliphatic carbocycles. The Morgan fingerprint density at radius 3 is 2.55 bits per heavy atom. The first-order chi connectivity index (χ1) is 10.6. The van der Waals surface area contributed by atoms with Gasteiger partial charge in [0, 0.05) is 24.0 Å². The zero-order valence-electron chi connectivity index (χ0n) is 11.9. The van der Waals surface area contributed by atoms with E-state index in [9.17, 15) is 4.79 Å². The predicted molar refractivity (Wildman–Crippen MR) is 93.9 cm³/mol. The molecule has 0 bridgehead atoms. The highest BCUT2D eigenvalue weighted by Crippen LogP contribution is 2.37. The molecule has 1 saturated heterocycles. The summed E-state index contributed by atoms with van der Waals surface area (Å²) in [6.45, 7) is 1.60. The molecule has 116 valence electrons. The third-order valence-corrected chi connectivity index (χ3v) is 5.46. The number of benzene rings is 1. The zero-order chi connectivity index (χ0) is 15.7. The second kappa shape index (κ2) is 6.49. The molecule has 1 aromatic heterocycles. The molecule has 1 aromatic carbocycles. The summed E-state index contributed by atoms with van der Waals surface area (Å²) in [5.74, 6) is 0.0134. The summed E-state index contributed by atoms with van der Waals surface area (Å²) < 4.78 is 0. The summed E-state index contributed by atoms with van der Waals surface area (Å²) in [4.78, 5) is 14.7. The van der Waals surface area contributed by atoms with Gasteiger partial charge in [-0.2, -0.15) is 0 Å². The Labute approximate surface area is 143 Å². The number of nitrogen functional groups attached to an aromatic ring is 1. The van der Waals surface area contributed by atoms with Crippen molar-refractivity contribution in [2.45, 2.75) is 19.3 Å². The molecular weight excluding hydrogens is 339 g/mol. The number of halogens is 2. The Morgan fingerprint density at radius 2 is 1.86 bits per heavy atom. The molecule has 22 heavy (non-hydrogen) atoms. The van der Waals surface area contributed by atoms with Crippen LogP contribution < -0.4 is 5.73 Å². The van der Waals surface area contributed by atoms with Crippen molar-refractivity contribution >= 4 is 45.4 Å². The van der Waals surface area contributed by atoms with Gasteiger partial charge in [-0.25, -0.2) is 0 Å². The van der Waals surface area contributed by atoms with Crippen LogP contribution in [0.1, 0.15) is 29.6 Å². The third kappa shape index (κ3) is 2.96. The van der Waals surface area contributed by atoms with Crippen LogP contribution in [0.15, 0.2) is 23.6 Å². The van der Waals surface area contributed by atoms with Crippen LogP contribution in [0.3, 0.4) is 0 Å². The van der Waals surface area contributed by atoms with Gasteiger partial charge in [-0.15, -0.1) is 11.3 Å². The number of thiophene rings is 1. The maximum Gasteiger partial charge on any atom is 0.257 e. The first-order valence-corrected chi connectivity index (χ1v) is 8.83. The third-order valence-electron chi connectivity index (χ3n) is 3.91. The Balaban J connectivity index is 1.99. The SMILES string of the molecule is Nc1scc(-c2ccc(Cl)c(Cl)c2)c1C(=O)N1CCCCC1. The van der Waals surface area contributed by atoms with Crippen molar-refractivity contribution in [2.75, 3.05) is 18.8 Å². The molecule has 0 radical (unpaired) electrons. The lowest BCUT2D eigenvalue weighted by Crippen LogP contribution is -2.35. The second-order valence-electron chi connectivity index (χ2n) is 5.37. The summed E-state index contributed by atoms with van der Waals surface area (Å²) in [5, 5.41) is 3.43. The number of anilines is 1. The van der Waals surface area contributed by atoms with Crippen LogP contribution in [0.5, 0.6) is 0 Å². The Hall–Kier alpha value is -1.23. The predicted octanol–water partition coefficient (Wildman–Crippen LogP) is 4.93. The van der Waals surface area contributed by atoms with Gasteiger partial charge in [0.25, 0.3) is 5.91 Å². The van der Waals surface area contributed by atoms with E-state index in [0.29, 0.717) is 20.6 Å². The van der Waals surface area contributed by atoms with E-state index in [1.807, 2.05) is 16.3 Å². The molecule has 3 nitrogen and oxygen atoms in total. The number of carbonyl (C=O) groups is 1. The molecule has 1 aliphatic heterocycles. The number of nitrogens with two attached hydrogens (primary N) is 1. The van der Waals surface area contributed by atoms with E-state index >= 15 is 0 Å². The van der Waals surface area contributed by atoms with Crippen molar-refractivity contribution in [3.63, 3.8) is 0 Å². The number of rotatable bonds is 2. The van der Waals surface area contributed by atoms with Crippen molar-refractivity contribution in [2.24, 2.45) is 0 Å². The van der Waals surface area contributed by atoms with E-state index < -0.39 is 0 Å². The van der Waals surface area contributed by atoms with Gasteiger partial charge in [0.1, 0.15) is 0 Å². The van der Waals surface area contributed by atoms with Crippen LogP contribution >= 0.6 is 34.5 Å². The first kappa shape index (κ1) is 15.7. The van der Waals surface area contributed by atoms with Crippen molar-refractivity contribution in [1.82, 2.24) is 4.90 Å². The summed E-state index contributed by atoms with van der Waals surface area (Å²) >= 11 is 13.4. The van der Waals surface area contributed by atoms with E-state index in [-0.39, 0.29) is 5.91 Å². The standard InChI is InChI=1S/C16H16Cl2N2OS/c17-12-5-4-10(8-13(12)18)11-9-22-15(19)14(11)16(21)20-6-2-1-3-7-20/h4-5,8-9H,1-3,6-7,19H2. The fraction of sp³-hybridized carbons (Fsp3) is 0.312. The molecule has 2 N–H and O–H groups in total. The fourth-order valence-electron chi connectivity index (χ4n) is 2.72. The first-order valence-electron chi connectivity index (χ1n) is 7.19. The van der Waals surface area contributed by atoms with Gasteiger partial charge in [-0.3, -0.25) is 4.79 Å². The lowest BCUT2D eigenvalue weighted by molar-refractivity contribution is 0.0726. The zero-order valence-corrected chi connectivity index (χ0v) is 14.3. The number of likely N-dealkylation sites (tertiary alicyclic amines) is 1. The molecule has 0 atom stereocenters. The maximum atomic E-state index is 12.8. The van der Waals surface area contributed by atoms with Gasteiger partial charge in [-0.1, -0.05) is 29.3 Å². The second-order valence-corrected chi connectivity index (χ2v) is 7.10. The summed E-state index contributed by atoms with van der Waals surface area (Å²) in [7, 11) is 0. The largest absolute Gasteiger partial charge is 0.390 e. The highest BCUT2D eigenvalue weighted by Gasteiger charge is 2.25. The van der Waals surface area contributed by atoms with Crippen LogP contribution in [0.4, 0.5) is 5.00 Å². The monoisotopic (exact) mass is 354 g/mol. The average molecular weight is 355 g/mol. The van der Waals surface area contributed by atoms with E-state index in [0.717, 1.165) is 37.1 Å².